The number of anilines is 2. The molecule has 28 heteroatoms. The number of carboxylic acid groups (broad SMARTS) is 1. The smallest absolute Gasteiger partial charge is 0.335 e. The minimum atomic E-state index is -1.03. The fraction of sp³-hybridized carbons (Fsp3) is 0.625. The van der Waals surface area contributed by atoms with Crippen LogP contribution < -0.4 is 32.7 Å². The lowest BCUT2D eigenvalue weighted by Gasteiger charge is -2.30. The molecule has 9 N–H and O–H groups in total. The van der Waals surface area contributed by atoms with Gasteiger partial charge in [0.15, 0.2) is 5.82 Å². The first-order valence-corrected chi connectivity index (χ1v) is 35.0. The fourth-order valence-electron chi connectivity index (χ4n) is 10.4. The molecule has 2 aromatic heterocycles. The number of carbonyl (C=O) groups excluding carboxylic acids is 4. The zero-order valence-electron chi connectivity index (χ0n) is 60.0. The number of rotatable bonds is 58. The number of carbonyl (C=O) groups is 5. The van der Waals surface area contributed by atoms with Crippen LogP contribution in [0.25, 0.3) is 21.9 Å². The second-order valence-electron chi connectivity index (χ2n) is 25.1. The van der Waals surface area contributed by atoms with Crippen LogP contribution in [-0.4, -0.2) is 252 Å². The Morgan fingerprint density at radius 3 is 1.51 bits per heavy atom. The van der Waals surface area contributed by atoms with E-state index in [9.17, 15) is 29.1 Å². The van der Waals surface area contributed by atoms with Gasteiger partial charge in [-0.15, -0.1) is 0 Å². The molecule has 0 saturated carbocycles. The molecule has 0 aliphatic heterocycles. The van der Waals surface area contributed by atoms with E-state index >= 15 is 0 Å². The molecular weight excluding hydrogens is 1290 g/mol. The Hall–Kier alpha value is -6.87. The molecule has 0 saturated heterocycles. The van der Waals surface area contributed by atoms with Crippen molar-refractivity contribution in [1.29, 1.82) is 0 Å². The Morgan fingerprint density at radius 2 is 1.04 bits per heavy atom. The van der Waals surface area contributed by atoms with E-state index in [2.05, 4.69) is 76.1 Å². The number of aromatic nitrogens is 3. The number of unbranched alkanes of at least 4 members (excludes halogenated alkanes) is 2. The lowest BCUT2D eigenvalue weighted by molar-refractivity contribution is -0.916. The van der Waals surface area contributed by atoms with E-state index in [-0.39, 0.29) is 36.2 Å². The van der Waals surface area contributed by atoms with Crippen LogP contribution in [0.5, 0.6) is 0 Å². The van der Waals surface area contributed by atoms with Gasteiger partial charge in [-0.2, -0.15) is 0 Å². The van der Waals surface area contributed by atoms with Crippen molar-refractivity contribution < 1.29 is 90.4 Å². The molecule has 5 aromatic rings. The summed E-state index contributed by atoms with van der Waals surface area (Å²) in [4.78, 5) is 73.6. The Morgan fingerprint density at radius 1 is 0.570 bits per heavy atom. The van der Waals surface area contributed by atoms with Gasteiger partial charge < -0.3 is 104 Å². The van der Waals surface area contributed by atoms with Gasteiger partial charge in [0, 0.05) is 55.2 Å². The van der Waals surface area contributed by atoms with Gasteiger partial charge in [-0.1, -0.05) is 63.6 Å². The normalized spacial score (nSPS) is 12.7. The highest BCUT2D eigenvalue weighted by Crippen LogP contribution is 2.31. The number of methoxy groups -OCH3 is 1. The zero-order chi connectivity index (χ0) is 72.2. The van der Waals surface area contributed by atoms with Crippen LogP contribution in [0, 0.1) is 5.92 Å². The Balaban J connectivity index is 0.829. The molecule has 3 aromatic carbocycles. The molecule has 558 valence electrons. The first-order chi connectivity index (χ1) is 48.4. The number of nitrogen functional groups attached to an aromatic ring is 1. The molecule has 0 bridgehead atoms. The molecule has 2 heterocycles. The average Bonchev–Trinajstić information content (AvgIpc) is 1.57. The third-order valence-corrected chi connectivity index (χ3v) is 15.8. The summed E-state index contributed by atoms with van der Waals surface area (Å²) < 4.78 is 68.1. The van der Waals surface area contributed by atoms with Gasteiger partial charge in [-0.25, -0.2) is 14.8 Å². The van der Waals surface area contributed by atoms with E-state index in [0.29, 0.717) is 199 Å². The van der Waals surface area contributed by atoms with Crippen LogP contribution in [0.1, 0.15) is 99.1 Å². The van der Waals surface area contributed by atoms with Crippen LogP contribution in [-0.2, 0) is 102 Å². The summed E-state index contributed by atoms with van der Waals surface area (Å²) in [6.45, 7) is 20.3. The predicted molar refractivity (Wildman–Crippen MR) is 380 cm³/mol. The van der Waals surface area contributed by atoms with Gasteiger partial charge in [-0.05, 0) is 74.4 Å². The van der Waals surface area contributed by atoms with Gasteiger partial charge in [0.1, 0.15) is 36.5 Å². The maximum absolute atomic E-state index is 13.5. The van der Waals surface area contributed by atoms with Crippen LogP contribution in [0.4, 0.5) is 11.5 Å². The zero-order valence-corrected chi connectivity index (χ0v) is 60.0. The highest BCUT2D eigenvalue weighted by molar-refractivity contribution is 6.08. The lowest BCUT2D eigenvalue weighted by atomic mass is 10.0. The topological polar surface area (TPSA) is 347 Å². The Labute approximate surface area is 589 Å². The van der Waals surface area contributed by atoms with E-state index < -0.39 is 41.8 Å². The molecule has 5 rings (SSSR count). The Kier molecular flexibility index (Phi) is 40.9. The van der Waals surface area contributed by atoms with E-state index in [1.54, 1.807) is 46.1 Å². The van der Waals surface area contributed by atoms with Crippen molar-refractivity contribution in [3.8, 4) is 0 Å². The highest BCUT2D eigenvalue weighted by Gasteiger charge is 2.29. The second-order valence-corrected chi connectivity index (χ2v) is 25.1. The maximum atomic E-state index is 13.5. The number of quaternary nitrogens is 1. The number of pyridine rings is 1. The first-order valence-electron chi connectivity index (χ1n) is 35.0. The van der Waals surface area contributed by atoms with Gasteiger partial charge in [-0.3, -0.25) is 19.2 Å². The number of imidazole rings is 1. The van der Waals surface area contributed by atoms with Crippen molar-refractivity contribution in [2.45, 2.75) is 110 Å². The summed E-state index contributed by atoms with van der Waals surface area (Å²) in [6.07, 6.45) is 4.42. The molecule has 0 fully saturated rings. The number of amides is 4. The van der Waals surface area contributed by atoms with Crippen molar-refractivity contribution in [2.24, 2.45) is 11.7 Å². The molecule has 0 unspecified atom stereocenters. The number of aryl methyl sites for hydroxylation is 1. The van der Waals surface area contributed by atoms with Crippen LogP contribution in [0.15, 0.2) is 66.7 Å². The molecular formula is C72H113N10O18+. The third kappa shape index (κ3) is 33.3. The molecule has 4 amide bonds. The fourth-order valence-corrected chi connectivity index (χ4v) is 10.4. The summed E-state index contributed by atoms with van der Waals surface area (Å²) in [5.41, 5.74) is 18.7. The number of nitrogens with two attached hydrogens (primary N) is 2. The summed E-state index contributed by atoms with van der Waals surface area (Å²) in [5.74, 6) is -1.71. The van der Waals surface area contributed by atoms with Crippen LogP contribution in [0.3, 0.4) is 0 Å². The molecule has 0 aliphatic carbocycles. The minimum absolute atomic E-state index is 0.143. The van der Waals surface area contributed by atoms with E-state index in [0.717, 1.165) is 65.8 Å². The Bertz CT molecular complexity index is 3140. The number of carboxylic acids is 1. The molecule has 0 radical (unpaired) electrons. The van der Waals surface area contributed by atoms with Gasteiger partial charge in [0.2, 0.25) is 23.6 Å². The van der Waals surface area contributed by atoms with Gasteiger partial charge in [0.05, 0.1) is 189 Å². The number of fused-ring (bicyclic) bond motifs is 3. The standard InChI is InChI=1S/C72H112N10O18/c1-8-9-13-63-79-66-67(60-23-20-58(72(87)88)49-62(60)78-68(66)74)81(63)50-55-14-16-56(17-15-55)51-82(5,6)52-57-18-21-59(22-19-57)77-69(84)54(4)76-71(86)65(53(2)3)80-70(85)61(73)12-10-11-25-75-64(83)24-26-90-29-30-92-33-34-94-37-38-96-41-42-98-45-46-100-48-47-99-44-43-97-40-39-95-36-35-93-32-31-91-28-27-89-7/h14-23,49,53-54,61,65H,8-13,24-48,50-52,73H2,1-7H3,(H6-,74,75,76,77,78,80,83,84,85,86,87,88)/p+1/t54-,61-,65-/m0/s1. The molecule has 100 heavy (non-hydrogen) atoms. The van der Waals surface area contributed by atoms with Crippen molar-refractivity contribution in [1.82, 2.24) is 30.5 Å². The third-order valence-electron chi connectivity index (χ3n) is 15.8. The van der Waals surface area contributed by atoms with E-state index in [1.807, 2.05) is 24.3 Å². The van der Waals surface area contributed by atoms with Gasteiger partial charge >= 0.3 is 5.97 Å². The van der Waals surface area contributed by atoms with Gasteiger partial charge in [0.25, 0.3) is 0 Å². The molecule has 3 atom stereocenters. The first kappa shape index (κ1) is 83.8. The number of ether oxygens (including phenoxy) is 12. The number of hydrogen-bond acceptors (Lipinski definition) is 21. The monoisotopic (exact) mass is 1410 g/mol. The van der Waals surface area contributed by atoms with E-state index in [4.69, 9.17) is 73.3 Å². The number of nitrogens with zero attached hydrogens (tertiary/aromatic N) is 4. The lowest BCUT2D eigenvalue weighted by Crippen LogP contribution is -2.56. The second kappa shape index (κ2) is 48.9. The van der Waals surface area contributed by atoms with Crippen molar-refractivity contribution in [3.63, 3.8) is 0 Å². The van der Waals surface area contributed by atoms with Crippen LogP contribution >= 0.6 is 0 Å². The number of nitrogens with one attached hydrogen (secondary N) is 4. The summed E-state index contributed by atoms with van der Waals surface area (Å²) in [6, 6.07) is 18.4. The minimum Gasteiger partial charge on any atom is -0.478 e. The summed E-state index contributed by atoms with van der Waals surface area (Å²) in [5, 5.41) is 21.7. The highest BCUT2D eigenvalue weighted by atomic mass is 16.6. The molecule has 0 spiro atoms. The average molecular weight is 1410 g/mol. The predicted octanol–water partition coefficient (Wildman–Crippen LogP) is 5.45. The number of hydrogen-bond donors (Lipinski definition) is 7. The van der Waals surface area contributed by atoms with Crippen molar-refractivity contribution in [2.75, 3.05) is 191 Å². The number of benzene rings is 3. The maximum Gasteiger partial charge on any atom is 0.335 e. The van der Waals surface area contributed by atoms with Crippen molar-refractivity contribution >= 4 is 63.0 Å². The molecule has 28 nitrogen and oxygen atoms in total. The summed E-state index contributed by atoms with van der Waals surface area (Å²) >= 11 is 0. The quantitative estimate of drug-likeness (QED) is 0.0188. The van der Waals surface area contributed by atoms with Crippen LogP contribution in [0.2, 0.25) is 0 Å². The largest absolute Gasteiger partial charge is 0.478 e. The number of aromatic carboxylic acids is 1. The SMILES string of the molecule is CCCCc1nc2c(N)nc3cc(C(=O)O)ccc3c2n1Cc1ccc(C[N+](C)(C)Cc2ccc(NC(=O)[C@H](C)NC(=O)[C@@H](NC(=O)[C@@H](N)CCCCNC(=O)CCOCCOCCOCCOCCOCCOCCOCCOCCOCCOCCOCCOC)C(C)C)cc2)cc1. The summed E-state index contributed by atoms with van der Waals surface area (Å²) in [7, 11) is 5.97. The molecule has 0 aliphatic rings. The van der Waals surface area contributed by atoms with E-state index in [1.165, 1.54) is 0 Å². The van der Waals surface area contributed by atoms with Crippen molar-refractivity contribution in [3.05, 3.63) is 94.8 Å².